The number of carbonyl (C=O) groups excluding carboxylic acids is 1. The van der Waals surface area contributed by atoms with Crippen LogP contribution in [0.25, 0.3) is 16.6 Å². The van der Waals surface area contributed by atoms with Gasteiger partial charge < -0.3 is 15.0 Å². The number of nitrogens with one attached hydrogen (secondary N) is 1. The van der Waals surface area contributed by atoms with E-state index in [1.165, 1.54) is 6.07 Å². The first-order chi connectivity index (χ1) is 12.4. The molecule has 2 aromatic carbocycles. The third kappa shape index (κ3) is 3.81. The maximum atomic E-state index is 14.1. The first kappa shape index (κ1) is 19.0. The maximum Gasteiger partial charge on any atom is 0.224 e. The lowest BCUT2D eigenvalue weighted by molar-refractivity contribution is -0.120. The highest BCUT2D eigenvalue weighted by Gasteiger charge is 2.15. The number of halogens is 4. The molecule has 8 heteroatoms. The predicted molar refractivity (Wildman–Crippen MR) is 102 cm³/mol. The summed E-state index contributed by atoms with van der Waals surface area (Å²) in [5.41, 5.74) is 1.47. The highest BCUT2D eigenvalue weighted by atomic mass is 35.5. The second-order valence-corrected chi connectivity index (χ2v) is 6.91. The Morgan fingerprint density at radius 3 is 2.65 bits per heavy atom. The Morgan fingerprint density at radius 2 is 1.92 bits per heavy atom. The van der Waals surface area contributed by atoms with Crippen molar-refractivity contribution in [1.29, 1.82) is 0 Å². The Kier molecular flexibility index (Phi) is 5.73. The fourth-order valence-electron chi connectivity index (χ4n) is 2.72. The second-order valence-electron chi connectivity index (χ2n) is 5.66. The lowest BCUT2D eigenvalue weighted by Gasteiger charge is -2.10. The van der Waals surface area contributed by atoms with E-state index in [2.05, 4.69) is 5.32 Å². The van der Waals surface area contributed by atoms with E-state index in [9.17, 15) is 9.18 Å². The molecule has 0 radical (unpaired) electrons. The fraction of sp³-hybridized carbons (Fsp3) is 0.167. The van der Waals surface area contributed by atoms with Gasteiger partial charge in [0, 0.05) is 28.8 Å². The van der Waals surface area contributed by atoms with Gasteiger partial charge in [0.2, 0.25) is 5.91 Å². The standard InChI is InChI=1S/C18H14Cl3FN2O2/c19-11-7-13-15(21)9-24(18(13)14(20)8-11)12-1-2-16(22)10(5-12)6-17(26)23-3-4-25/h1-2,5,7-9,25H,3-4,6H2,(H,23,26). The van der Waals surface area contributed by atoms with Gasteiger partial charge in [-0.15, -0.1) is 0 Å². The molecule has 3 rings (SSSR count). The molecule has 1 heterocycles. The molecule has 4 nitrogen and oxygen atoms in total. The van der Waals surface area contributed by atoms with Crippen LogP contribution in [0.15, 0.2) is 36.5 Å². The smallest absolute Gasteiger partial charge is 0.224 e. The van der Waals surface area contributed by atoms with Crippen molar-refractivity contribution in [2.75, 3.05) is 13.2 Å². The molecule has 26 heavy (non-hydrogen) atoms. The minimum Gasteiger partial charge on any atom is -0.395 e. The van der Waals surface area contributed by atoms with Crippen molar-refractivity contribution < 1.29 is 14.3 Å². The molecule has 0 aliphatic rings. The van der Waals surface area contributed by atoms with Crippen LogP contribution in [0.2, 0.25) is 15.1 Å². The molecule has 0 atom stereocenters. The Balaban J connectivity index is 2.04. The van der Waals surface area contributed by atoms with Crippen molar-refractivity contribution in [2.45, 2.75) is 6.42 Å². The number of hydrogen-bond acceptors (Lipinski definition) is 2. The minimum absolute atomic E-state index is 0.119. The van der Waals surface area contributed by atoms with Crippen molar-refractivity contribution in [1.82, 2.24) is 9.88 Å². The van der Waals surface area contributed by atoms with Gasteiger partial charge in [-0.2, -0.15) is 0 Å². The number of amides is 1. The highest BCUT2D eigenvalue weighted by Crippen LogP contribution is 2.36. The molecule has 0 saturated heterocycles. The molecule has 0 bridgehead atoms. The number of benzene rings is 2. The molecule has 2 N–H and O–H groups in total. The van der Waals surface area contributed by atoms with Gasteiger partial charge in [0.15, 0.2) is 0 Å². The van der Waals surface area contributed by atoms with E-state index in [-0.39, 0.29) is 31.0 Å². The van der Waals surface area contributed by atoms with Crippen LogP contribution in [0.1, 0.15) is 5.56 Å². The Bertz CT molecular complexity index is 988. The summed E-state index contributed by atoms with van der Waals surface area (Å²) in [6.45, 7) is -0.0580. The van der Waals surface area contributed by atoms with Crippen LogP contribution >= 0.6 is 34.8 Å². The number of carbonyl (C=O) groups is 1. The van der Waals surface area contributed by atoms with E-state index in [0.717, 1.165) is 0 Å². The quantitative estimate of drug-likeness (QED) is 0.650. The van der Waals surface area contributed by atoms with E-state index in [0.29, 0.717) is 31.7 Å². The summed E-state index contributed by atoms with van der Waals surface area (Å²) in [6, 6.07) is 7.73. The monoisotopic (exact) mass is 414 g/mol. The number of nitrogens with zero attached hydrogens (tertiary/aromatic N) is 1. The number of hydrogen-bond donors (Lipinski definition) is 2. The van der Waals surface area contributed by atoms with Crippen LogP contribution in [0.5, 0.6) is 0 Å². The van der Waals surface area contributed by atoms with Gasteiger partial charge >= 0.3 is 0 Å². The topological polar surface area (TPSA) is 54.3 Å². The molecule has 0 spiro atoms. The minimum atomic E-state index is -0.496. The Morgan fingerprint density at radius 1 is 1.15 bits per heavy atom. The van der Waals surface area contributed by atoms with Crippen LogP contribution in [-0.2, 0) is 11.2 Å². The number of aliphatic hydroxyl groups excluding tert-OH is 1. The molecule has 0 aliphatic carbocycles. The second kappa shape index (κ2) is 7.84. The van der Waals surface area contributed by atoms with Gasteiger partial charge in [-0.25, -0.2) is 4.39 Å². The summed E-state index contributed by atoms with van der Waals surface area (Å²) < 4.78 is 15.8. The molecule has 136 valence electrons. The summed E-state index contributed by atoms with van der Waals surface area (Å²) in [5.74, 6) is -0.875. The summed E-state index contributed by atoms with van der Waals surface area (Å²) in [4.78, 5) is 11.8. The zero-order valence-electron chi connectivity index (χ0n) is 13.4. The van der Waals surface area contributed by atoms with Crippen molar-refractivity contribution in [3.63, 3.8) is 0 Å². The van der Waals surface area contributed by atoms with E-state index >= 15 is 0 Å². The highest BCUT2D eigenvalue weighted by molar-refractivity contribution is 6.42. The Hall–Kier alpha value is -1.79. The summed E-state index contributed by atoms with van der Waals surface area (Å²) in [6.07, 6.45) is 1.52. The Labute approximate surface area is 164 Å². The van der Waals surface area contributed by atoms with E-state index in [1.54, 1.807) is 35.0 Å². The van der Waals surface area contributed by atoms with Gasteiger partial charge in [-0.1, -0.05) is 34.8 Å². The third-order valence-corrected chi connectivity index (χ3v) is 4.67. The third-order valence-electron chi connectivity index (χ3n) is 3.86. The van der Waals surface area contributed by atoms with Crippen LogP contribution in [0.3, 0.4) is 0 Å². The van der Waals surface area contributed by atoms with Gasteiger partial charge in [-0.05, 0) is 35.9 Å². The van der Waals surface area contributed by atoms with Gasteiger partial charge in [0.1, 0.15) is 5.82 Å². The van der Waals surface area contributed by atoms with Crippen LogP contribution < -0.4 is 5.32 Å². The first-order valence-electron chi connectivity index (χ1n) is 7.72. The fourth-order valence-corrected chi connectivity index (χ4v) is 3.55. The summed E-state index contributed by atoms with van der Waals surface area (Å²) in [5, 5.41) is 13.2. The zero-order chi connectivity index (χ0) is 18.8. The maximum absolute atomic E-state index is 14.1. The molecular formula is C18H14Cl3FN2O2. The molecule has 1 aromatic heterocycles. The molecule has 0 saturated carbocycles. The SMILES string of the molecule is O=C(Cc1cc(-n2cc(Cl)c3cc(Cl)cc(Cl)c32)ccc1F)NCCO. The normalized spacial score (nSPS) is 11.1. The van der Waals surface area contributed by atoms with Crippen molar-refractivity contribution >= 4 is 51.6 Å². The molecule has 0 aliphatic heterocycles. The van der Waals surface area contributed by atoms with Crippen molar-refractivity contribution in [3.05, 3.63) is 63.0 Å². The molecular weight excluding hydrogens is 402 g/mol. The van der Waals surface area contributed by atoms with Crippen LogP contribution in [-0.4, -0.2) is 28.7 Å². The summed E-state index contributed by atoms with van der Waals surface area (Å²) in [7, 11) is 0. The molecule has 3 aromatic rings. The molecule has 0 fully saturated rings. The number of aromatic nitrogens is 1. The number of rotatable bonds is 5. The van der Waals surface area contributed by atoms with E-state index < -0.39 is 5.82 Å². The van der Waals surface area contributed by atoms with Crippen molar-refractivity contribution in [3.8, 4) is 5.69 Å². The van der Waals surface area contributed by atoms with Crippen molar-refractivity contribution in [2.24, 2.45) is 0 Å². The van der Waals surface area contributed by atoms with Gasteiger partial charge in [-0.3, -0.25) is 4.79 Å². The van der Waals surface area contributed by atoms with Crippen LogP contribution in [0, 0.1) is 5.82 Å². The number of aliphatic hydroxyl groups is 1. The molecule has 1 amide bonds. The lowest BCUT2D eigenvalue weighted by atomic mass is 10.1. The lowest BCUT2D eigenvalue weighted by Crippen LogP contribution is -2.28. The van der Waals surface area contributed by atoms with Gasteiger partial charge in [0.05, 0.1) is 28.6 Å². The number of fused-ring (bicyclic) bond motifs is 1. The van der Waals surface area contributed by atoms with Gasteiger partial charge in [0.25, 0.3) is 0 Å². The molecule has 0 unspecified atom stereocenters. The first-order valence-corrected chi connectivity index (χ1v) is 8.86. The largest absolute Gasteiger partial charge is 0.395 e. The van der Waals surface area contributed by atoms with Crippen LogP contribution in [0.4, 0.5) is 4.39 Å². The van der Waals surface area contributed by atoms with E-state index in [4.69, 9.17) is 39.9 Å². The average Bonchev–Trinajstić information content (AvgIpc) is 2.92. The van der Waals surface area contributed by atoms with E-state index in [1.807, 2.05) is 0 Å². The average molecular weight is 416 g/mol. The zero-order valence-corrected chi connectivity index (χ0v) is 15.7. The summed E-state index contributed by atoms with van der Waals surface area (Å²) >= 11 is 18.6. The predicted octanol–water partition coefficient (Wildman–Crippen LogP) is 4.38.